The monoisotopic (exact) mass is 542 g/mol. The van der Waals surface area contributed by atoms with Crippen molar-refractivity contribution >= 4 is 23.3 Å². The van der Waals surface area contributed by atoms with Gasteiger partial charge in [-0.05, 0) is 95.5 Å². The van der Waals surface area contributed by atoms with E-state index in [1.165, 1.54) is 11.9 Å². The second-order valence-electron chi connectivity index (χ2n) is 10.1. The van der Waals surface area contributed by atoms with Gasteiger partial charge in [-0.25, -0.2) is 4.68 Å². The molecule has 0 spiro atoms. The third kappa shape index (κ3) is 6.57. The number of nitrogens with one attached hydrogen (secondary N) is 1. The molecular weight excluding hydrogens is 512 g/mol. The molecule has 1 aliphatic rings. The molecule has 0 saturated heterocycles. The first-order valence-corrected chi connectivity index (χ1v) is 13.7. The molecule has 1 aliphatic carbocycles. The highest BCUT2D eigenvalue weighted by molar-refractivity contribution is 6.30. The Balaban J connectivity index is 1.16. The van der Waals surface area contributed by atoms with Gasteiger partial charge in [-0.3, -0.25) is 14.6 Å². The fraction of sp³-hybridized carbons (Fsp3) is 0.333. The summed E-state index contributed by atoms with van der Waals surface area (Å²) in [6.07, 6.45) is 9.56. The van der Waals surface area contributed by atoms with Crippen LogP contribution in [0.3, 0.4) is 0 Å². The minimum atomic E-state index is -0.563. The highest BCUT2D eigenvalue weighted by Crippen LogP contribution is 2.37. The van der Waals surface area contributed by atoms with Crippen molar-refractivity contribution in [2.75, 3.05) is 0 Å². The average Bonchev–Trinajstić information content (AvgIpc) is 3.51. The molecule has 39 heavy (non-hydrogen) atoms. The van der Waals surface area contributed by atoms with Crippen molar-refractivity contribution in [3.63, 3.8) is 0 Å². The average molecular weight is 543 g/mol. The molecule has 0 radical (unpaired) electrons. The molecule has 8 nitrogen and oxygen atoms in total. The standard InChI is InChI=1S/C30H31ClN6O2/c1-20(29(38)14-11-24-17-27(31)12-13-28(24)37-19-33-35-36-37)34-30(39)25-5-2-4-23(16-25)21-7-9-22(10-8-21)26-6-3-15-32-18-26/h3,6-10,12-13,15,17-20,23,25H,2,4-5,11,14,16H2,1H3,(H,34,39)/t20-,23-,25?/m0/s1. The number of nitrogens with zero attached hydrogens (tertiary/aromatic N) is 5. The second kappa shape index (κ2) is 12.3. The SMILES string of the molecule is C[C@H](NC(=O)C1CCC[C@H](c2ccc(-c3cccnc3)cc2)C1)C(=O)CCc1cc(Cl)ccc1-n1cnnn1. The number of ketones is 1. The van der Waals surface area contributed by atoms with Crippen LogP contribution in [0, 0.1) is 5.92 Å². The van der Waals surface area contributed by atoms with E-state index in [2.05, 4.69) is 50.1 Å². The zero-order valence-corrected chi connectivity index (χ0v) is 22.6. The number of tetrazole rings is 1. The molecule has 5 rings (SSSR count). The molecule has 4 aromatic rings. The van der Waals surface area contributed by atoms with Crippen LogP contribution in [-0.2, 0) is 16.0 Å². The molecule has 9 heteroatoms. The molecule has 2 aromatic carbocycles. The zero-order chi connectivity index (χ0) is 27.2. The van der Waals surface area contributed by atoms with E-state index >= 15 is 0 Å². The van der Waals surface area contributed by atoms with Crippen LogP contribution >= 0.6 is 11.6 Å². The Bertz CT molecular complexity index is 1410. The van der Waals surface area contributed by atoms with Crippen molar-refractivity contribution in [1.82, 2.24) is 30.5 Å². The number of Topliss-reactive ketones (excluding diaryl/α,β-unsaturated/α-hetero) is 1. The van der Waals surface area contributed by atoms with Crippen LogP contribution < -0.4 is 5.32 Å². The van der Waals surface area contributed by atoms with Gasteiger partial charge in [0.15, 0.2) is 5.78 Å². The first-order valence-electron chi connectivity index (χ1n) is 13.3. The number of hydrogen-bond acceptors (Lipinski definition) is 6. The van der Waals surface area contributed by atoms with E-state index in [0.29, 0.717) is 17.4 Å². The van der Waals surface area contributed by atoms with Gasteiger partial charge in [0.1, 0.15) is 6.33 Å². The van der Waals surface area contributed by atoms with E-state index in [1.54, 1.807) is 23.9 Å². The molecule has 1 amide bonds. The number of aryl methyl sites for hydroxylation is 1. The third-order valence-electron chi connectivity index (χ3n) is 7.54. The number of carbonyl (C=O) groups excluding carboxylic acids is 2. The van der Waals surface area contributed by atoms with Gasteiger partial charge in [0.05, 0.1) is 11.7 Å². The van der Waals surface area contributed by atoms with E-state index in [4.69, 9.17) is 11.6 Å². The highest BCUT2D eigenvalue weighted by atomic mass is 35.5. The maximum Gasteiger partial charge on any atom is 0.223 e. The summed E-state index contributed by atoms with van der Waals surface area (Å²) in [6.45, 7) is 1.76. The number of carbonyl (C=O) groups is 2. The fourth-order valence-electron chi connectivity index (χ4n) is 5.35. The predicted molar refractivity (Wildman–Crippen MR) is 149 cm³/mol. The molecule has 0 bridgehead atoms. The van der Waals surface area contributed by atoms with Crippen molar-refractivity contribution in [3.05, 3.63) is 89.5 Å². The van der Waals surface area contributed by atoms with Crippen molar-refractivity contribution < 1.29 is 9.59 Å². The van der Waals surface area contributed by atoms with E-state index in [1.807, 2.05) is 30.5 Å². The number of benzene rings is 2. The Hall–Kier alpha value is -3.91. The smallest absolute Gasteiger partial charge is 0.223 e. The second-order valence-corrected chi connectivity index (χ2v) is 10.6. The first kappa shape index (κ1) is 26.7. The summed E-state index contributed by atoms with van der Waals surface area (Å²) in [5.41, 5.74) is 5.11. The van der Waals surface area contributed by atoms with Crippen LogP contribution in [0.5, 0.6) is 0 Å². The predicted octanol–water partition coefficient (Wildman–Crippen LogP) is 5.36. The maximum atomic E-state index is 13.1. The van der Waals surface area contributed by atoms with Crippen LogP contribution in [-0.4, -0.2) is 42.9 Å². The largest absolute Gasteiger partial charge is 0.346 e. The van der Waals surface area contributed by atoms with Crippen molar-refractivity contribution in [1.29, 1.82) is 0 Å². The normalized spacial score (nSPS) is 17.9. The minimum Gasteiger partial charge on any atom is -0.346 e. The molecule has 3 atom stereocenters. The summed E-state index contributed by atoms with van der Waals surface area (Å²) in [5.74, 6) is 0.168. The summed E-state index contributed by atoms with van der Waals surface area (Å²) in [7, 11) is 0. The van der Waals surface area contributed by atoms with Gasteiger partial charge < -0.3 is 5.32 Å². The van der Waals surface area contributed by atoms with Crippen molar-refractivity contribution in [2.45, 2.75) is 57.4 Å². The van der Waals surface area contributed by atoms with Gasteiger partial charge in [0, 0.05) is 29.8 Å². The molecular formula is C30H31ClN6O2. The summed E-state index contributed by atoms with van der Waals surface area (Å²) in [6, 6.07) is 17.4. The van der Waals surface area contributed by atoms with Crippen LogP contribution in [0.4, 0.5) is 0 Å². The summed E-state index contributed by atoms with van der Waals surface area (Å²) >= 11 is 6.20. The Morgan fingerprint density at radius 1 is 1.10 bits per heavy atom. The molecule has 200 valence electrons. The number of rotatable bonds is 9. The van der Waals surface area contributed by atoms with E-state index in [-0.39, 0.29) is 24.0 Å². The van der Waals surface area contributed by atoms with Gasteiger partial charge in [-0.15, -0.1) is 5.10 Å². The molecule has 1 fully saturated rings. The third-order valence-corrected chi connectivity index (χ3v) is 7.78. The zero-order valence-electron chi connectivity index (χ0n) is 21.8. The summed E-state index contributed by atoms with van der Waals surface area (Å²) < 4.78 is 1.55. The Kier molecular flexibility index (Phi) is 8.42. The van der Waals surface area contributed by atoms with Crippen LogP contribution in [0.15, 0.2) is 73.3 Å². The fourth-order valence-corrected chi connectivity index (χ4v) is 5.54. The number of hydrogen-bond donors (Lipinski definition) is 1. The van der Waals surface area contributed by atoms with E-state index in [9.17, 15) is 9.59 Å². The molecule has 0 aliphatic heterocycles. The highest BCUT2D eigenvalue weighted by Gasteiger charge is 2.29. The quantitative estimate of drug-likeness (QED) is 0.305. The number of amides is 1. The topological polar surface area (TPSA) is 103 Å². The van der Waals surface area contributed by atoms with Gasteiger partial charge in [0.25, 0.3) is 0 Å². The molecule has 1 saturated carbocycles. The van der Waals surface area contributed by atoms with Gasteiger partial charge >= 0.3 is 0 Å². The van der Waals surface area contributed by atoms with Crippen molar-refractivity contribution in [3.8, 4) is 16.8 Å². The van der Waals surface area contributed by atoms with Gasteiger partial charge in [0.2, 0.25) is 5.91 Å². The molecule has 1 N–H and O–H groups in total. The lowest BCUT2D eigenvalue weighted by molar-refractivity contribution is -0.130. The number of aromatic nitrogens is 5. The molecule has 2 heterocycles. The van der Waals surface area contributed by atoms with Crippen LogP contribution in [0.2, 0.25) is 5.02 Å². The molecule has 1 unspecified atom stereocenters. The molecule has 2 aromatic heterocycles. The maximum absolute atomic E-state index is 13.1. The Labute approximate surface area is 232 Å². The van der Waals surface area contributed by atoms with Crippen molar-refractivity contribution in [2.24, 2.45) is 5.92 Å². The summed E-state index contributed by atoms with van der Waals surface area (Å²) in [5, 5.41) is 14.9. The number of halogens is 1. The van der Waals surface area contributed by atoms with Crippen LogP contribution in [0.25, 0.3) is 16.8 Å². The Morgan fingerprint density at radius 2 is 1.95 bits per heavy atom. The lowest BCUT2D eigenvalue weighted by Crippen LogP contribution is -2.42. The number of pyridine rings is 1. The Morgan fingerprint density at radius 3 is 2.69 bits per heavy atom. The summed E-state index contributed by atoms with van der Waals surface area (Å²) in [4.78, 5) is 30.3. The van der Waals surface area contributed by atoms with E-state index in [0.717, 1.165) is 48.1 Å². The van der Waals surface area contributed by atoms with Gasteiger partial charge in [-0.1, -0.05) is 48.4 Å². The minimum absolute atomic E-state index is 0.0238. The van der Waals surface area contributed by atoms with Gasteiger partial charge in [-0.2, -0.15) is 0 Å². The lowest BCUT2D eigenvalue weighted by Gasteiger charge is -2.29. The first-order chi connectivity index (χ1) is 19.0. The van der Waals surface area contributed by atoms with Crippen LogP contribution in [0.1, 0.15) is 56.1 Å². The lowest BCUT2D eigenvalue weighted by atomic mass is 9.77. The van der Waals surface area contributed by atoms with E-state index < -0.39 is 6.04 Å².